The number of allylic oxidation sites excluding steroid dienone is 2. The normalized spacial score (nSPS) is 32.6. The molecule has 0 N–H and O–H groups in total. The molecule has 0 radical (unpaired) electrons. The first-order valence-electron chi connectivity index (χ1n) is 10.1. The molecule has 1 aliphatic heterocycles. The minimum absolute atomic E-state index is 0.0300. The molecule has 2 bridgehead atoms. The van der Waals surface area contributed by atoms with E-state index in [0.717, 1.165) is 11.4 Å². The van der Waals surface area contributed by atoms with Gasteiger partial charge in [-0.3, -0.25) is 19.7 Å². The van der Waals surface area contributed by atoms with E-state index >= 15 is 0 Å². The number of hydrogen-bond donors (Lipinski definition) is 0. The molecule has 3 fully saturated rings. The Morgan fingerprint density at radius 1 is 1.10 bits per heavy atom. The summed E-state index contributed by atoms with van der Waals surface area (Å²) in [7, 11) is 0. The molecule has 31 heavy (non-hydrogen) atoms. The molecule has 0 unspecified atom stereocenters. The van der Waals surface area contributed by atoms with Crippen LogP contribution in [0.25, 0.3) is 11.3 Å². The van der Waals surface area contributed by atoms with Crippen molar-refractivity contribution in [1.29, 1.82) is 0 Å². The van der Waals surface area contributed by atoms with Gasteiger partial charge in [-0.25, -0.2) is 0 Å². The minimum Gasteiger partial charge on any atom is -0.455 e. The predicted molar refractivity (Wildman–Crippen MR) is 113 cm³/mol. The number of benzene rings is 1. The van der Waals surface area contributed by atoms with E-state index in [1.165, 1.54) is 18.3 Å². The second-order valence-corrected chi connectivity index (χ2v) is 9.37. The Labute approximate surface area is 184 Å². The molecule has 7 rings (SSSR count). The summed E-state index contributed by atoms with van der Waals surface area (Å²) in [5, 5.41) is 16.1. The number of hydrazone groups is 1. The molecule has 4 aliphatic carbocycles. The number of non-ortho nitro benzene ring substituents is 1. The van der Waals surface area contributed by atoms with E-state index < -0.39 is 4.92 Å². The first-order chi connectivity index (χ1) is 14.9. The van der Waals surface area contributed by atoms with Crippen LogP contribution < -0.4 is 0 Å². The van der Waals surface area contributed by atoms with Crippen LogP contribution in [0.2, 0.25) is 0 Å². The summed E-state index contributed by atoms with van der Waals surface area (Å²) >= 11 is 3.33. The zero-order valence-corrected chi connectivity index (χ0v) is 17.6. The van der Waals surface area contributed by atoms with Crippen molar-refractivity contribution in [1.82, 2.24) is 5.01 Å². The van der Waals surface area contributed by atoms with Crippen molar-refractivity contribution in [2.45, 2.75) is 6.42 Å². The Kier molecular flexibility index (Phi) is 3.89. The highest BCUT2D eigenvalue weighted by molar-refractivity contribution is 9.10. The molecular formula is C22H16BrN3O5. The fourth-order valence-corrected chi connectivity index (χ4v) is 6.12. The highest BCUT2D eigenvalue weighted by atomic mass is 79.9. The molecule has 8 nitrogen and oxygen atoms in total. The number of furan rings is 1. The van der Waals surface area contributed by atoms with Gasteiger partial charge in [0.25, 0.3) is 17.5 Å². The first-order valence-corrected chi connectivity index (χ1v) is 10.9. The van der Waals surface area contributed by atoms with Gasteiger partial charge >= 0.3 is 0 Å². The molecule has 0 spiro atoms. The summed E-state index contributed by atoms with van der Waals surface area (Å²) in [4.78, 5) is 36.3. The van der Waals surface area contributed by atoms with Crippen molar-refractivity contribution in [3.63, 3.8) is 0 Å². The van der Waals surface area contributed by atoms with Gasteiger partial charge in [0, 0.05) is 22.2 Å². The maximum atomic E-state index is 12.9. The van der Waals surface area contributed by atoms with Crippen LogP contribution in [-0.4, -0.2) is 28.0 Å². The number of nitro benzene ring substituents is 1. The maximum Gasteiger partial charge on any atom is 0.270 e. The highest BCUT2D eigenvalue weighted by Gasteiger charge is 2.67. The Morgan fingerprint density at radius 2 is 1.77 bits per heavy atom. The van der Waals surface area contributed by atoms with Crippen LogP contribution in [0.15, 0.2) is 56.5 Å². The molecule has 6 atom stereocenters. The largest absolute Gasteiger partial charge is 0.455 e. The SMILES string of the molecule is O=C1[C@@H]2[C@@H]3C=C[C@H]([C@H]4C[C@@H]34)[C@@H]2C(=O)N1/N=C\c1ccc(-c2ccc([N+](=O)[O-])cc2Br)o1. The smallest absolute Gasteiger partial charge is 0.270 e. The molecule has 1 saturated heterocycles. The average molecular weight is 482 g/mol. The van der Waals surface area contributed by atoms with Crippen molar-refractivity contribution in [3.8, 4) is 11.3 Å². The van der Waals surface area contributed by atoms with Gasteiger partial charge in [-0.05, 0) is 64.2 Å². The van der Waals surface area contributed by atoms with Crippen molar-refractivity contribution in [3.05, 3.63) is 62.8 Å². The zero-order valence-electron chi connectivity index (χ0n) is 16.1. The summed E-state index contributed by atoms with van der Waals surface area (Å²) in [5.41, 5.74) is 0.615. The number of amides is 2. The Bertz CT molecular complexity index is 1180. The van der Waals surface area contributed by atoms with E-state index in [2.05, 4.69) is 33.2 Å². The first kappa shape index (κ1) is 18.7. The number of nitro groups is 1. The Morgan fingerprint density at radius 3 is 2.39 bits per heavy atom. The molecular weight excluding hydrogens is 466 g/mol. The summed E-state index contributed by atoms with van der Waals surface area (Å²) in [6.45, 7) is 0. The van der Waals surface area contributed by atoms with E-state index in [-0.39, 0.29) is 41.2 Å². The lowest BCUT2D eigenvalue weighted by Gasteiger charge is -2.37. The quantitative estimate of drug-likeness (QED) is 0.215. The van der Waals surface area contributed by atoms with E-state index in [0.29, 0.717) is 33.4 Å². The van der Waals surface area contributed by atoms with E-state index in [1.807, 2.05) is 0 Å². The number of hydrogen-bond acceptors (Lipinski definition) is 6. The van der Waals surface area contributed by atoms with Gasteiger partial charge in [0.2, 0.25) is 0 Å². The van der Waals surface area contributed by atoms with Crippen molar-refractivity contribution < 1.29 is 18.9 Å². The lowest BCUT2D eigenvalue weighted by atomic mass is 9.63. The van der Waals surface area contributed by atoms with Gasteiger partial charge in [0.05, 0.1) is 23.0 Å². The lowest BCUT2D eigenvalue weighted by molar-refractivity contribution is -0.384. The Hall–Kier alpha value is -3.07. The van der Waals surface area contributed by atoms with Gasteiger partial charge in [-0.15, -0.1) is 0 Å². The monoisotopic (exact) mass is 481 g/mol. The van der Waals surface area contributed by atoms with Crippen LogP contribution in [0.1, 0.15) is 12.2 Å². The average Bonchev–Trinajstić information content (AvgIpc) is 3.40. The number of carbonyl (C=O) groups excluding carboxylic acids is 2. The van der Waals surface area contributed by atoms with Crippen molar-refractivity contribution in [2.75, 3.05) is 0 Å². The van der Waals surface area contributed by atoms with E-state index in [1.54, 1.807) is 18.2 Å². The van der Waals surface area contributed by atoms with Gasteiger partial charge in [-0.1, -0.05) is 12.2 Å². The molecule has 1 aromatic carbocycles. The van der Waals surface area contributed by atoms with Gasteiger partial charge in [-0.2, -0.15) is 10.1 Å². The molecule has 2 heterocycles. The number of nitrogens with zero attached hydrogens (tertiary/aromatic N) is 3. The molecule has 2 amide bonds. The number of imide groups is 1. The third kappa shape index (κ3) is 2.69. The van der Waals surface area contributed by atoms with Crippen LogP contribution in [0.4, 0.5) is 5.69 Å². The predicted octanol–water partition coefficient (Wildman–Crippen LogP) is 4.00. The second kappa shape index (κ2) is 6.46. The Balaban J connectivity index is 1.23. The van der Waals surface area contributed by atoms with E-state index in [9.17, 15) is 19.7 Å². The summed E-state index contributed by atoms with van der Waals surface area (Å²) in [5.74, 6) is 1.25. The molecule has 9 heteroatoms. The second-order valence-electron chi connectivity index (χ2n) is 8.51. The summed E-state index contributed by atoms with van der Waals surface area (Å²) in [6, 6.07) is 7.77. The van der Waals surface area contributed by atoms with Crippen LogP contribution in [0.5, 0.6) is 0 Å². The fraction of sp³-hybridized carbons (Fsp3) is 0.318. The van der Waals surface area contributed by atoms with Crippen molar-refractivity contribution >= 4 is 39.6 Å². The van der Waals surface area contributed by atoms with Crippen LogP contribution in [-0.2, 0) is 9.59 Å². The maximum absolute atomic E-state index is 12.9. The molecule has 1 aromatic heterocycles. The van der Waals surface area contributed by atoms with Crippen LogP contribution >= 0.6 is 15.9 Å². The standard InChI is InChI=1S/C22H16BrN3O5/c23-17-7-10(26(29)30)1-3-14(17)18-6-2-11(31-18)9-24-25-21(27)19-12-4-5-13(16-8-15(12)16)20(19)22(25)28/h1-7,9,12-13,15-16,19-20H,8H2/b24-9-/t12-,13-,15-,16+,19+,20-/m1/s1. The highest BCUT2D eigenvalue weighted by Crippen LogP contribution is 2.65. The fourth-order valence-electron chi connectivity index (χ4n) is 5.55. The third-order valence-corrected chi connectivity index (χ3v) is 7.65. The van der Waals surface area contributed by atoms with Crippen molar-refractivity contribution in [2.24, 2.45) is 40.6 Å². The van der Waals surface area contributed by atoms with E-state index in [4.69, 9.17) is 4.42 Å². The molecule has 2 saturated carbocycles. The summed E-state index contributed by atoms with van der Waals surface area (Å²) < 4.78 is 6.29. The molecule has 156 valence electrons. The summed E-state index contributed by atoms with van der Waals surface area (Å²) in [6.07, 6.45) is 6.73. The zero-order chi connectivity index (χ0) is 21.4. The van der Waals surface area contributed by atoms with Crippen LogP contribution in [0.3, 0.4) is 0 Å². The topological polar surface area (TPSA) is 106 Å². The lowest BCUT2D eigenvalue weighted by Crippen LogP contribution is -2.40. The van der Waals surface area contributed by atoms with Crippen LogP contribution in [0, 0.1) is 45.6 Å². The van der Waals surface area contributed by atoms with Gasteiger partial charge in [0.15, 0.2) is 0 Å². The van der Waals surface area contributed by atoms with Gasteiger partial charge in [0.1, 0.15) is 11.5 Å². The third-order valence-electron chi connectivity index (χ3n) is 7.00. The minimum atomic E-state index is -0.471. The number of rotatable bonds is 4. The van der Waals surface area contributed by atoms with Gasteiger partial charge < -0.3 is 4.42 Å². The molecule has 5 aliphatic rings. The number of carbonyl (C=O) groups is 2. The molecule has 2 aromatic rings. The number of halogens is 1.